The van der Waals surface area contributed by atoms with Gasteiger partial charge >= 0.3 is 0 Å². The van der Waals surface area contributed by atoms with E-state index < -0.39 is 0 Å². The Bertz CT molecular complexity index is 785. The third kappa shape index (κ3) is 2.20. The highest BCUT2D eigenvalue weighted by Gasteiger charge is 2.35. The molecule has 2 atom stereocenters. The molecule has 3 N–H and O–H groups in total. The number of benzene rings is 1. The predicted molar refractivity (Wildman–Crippen MR) is 92.0 cm³/mol. The Morgan fingerprint density at radius 2 is 2.17 bits per heavy atom. The van der Waals surface area contributed by atoms with Crippen LogP contribution in [0, 0.1) is 5.92 Å². The summed E-state index contributed by atoms with van der Waals surface area (Å²) in [6, 6.07) is 6.89. The highest BCUT2D eigenvalue weighted by Crippen LogP contribution is 2.36. The van der Waals surface area contributed by atoms with Crippen LogP contribution in [0.4, 0.5) is 0 Å². The third-order valence-electron chi connectivity index (χ3n) is 5.39. The fourth-order valence-electron chi connectivity index (χ4n) is 4.16. The fraction of sp³-hybridized carbons (Fsp3) is 0.421. The van der Waals surface area contributed by atoms with Gasteiger partial charge in [-0.15, -0.1) is 0 Å². The van der Waals surface area contributed by atoms with Crippen LogP contribution in [0.3, 0.4) is 0 Å². The third-order valence-corrected chi connectivity index (χ3v) is 5.39. The maximum absolute atomic E-state index is 12.7. The smallest absolute Gasteiger partial charge is 0.235 e. The number of carbonyl (C=O) groups excluding carboxylic acids is 1. The molecule has 1 amide bonds. The van der Waals surface area contributed by atoms with Gasteiger partial charge in [-0.25, -0.2) is 0 Å². The number of hydrogen-bond acceptors (Lipinski definition) is 1. The normalized spacial score (nSPS) is 22.6. The highest BCUT2D eigenvalue weighted by molar-refractivity contribution is 5.98. The average Bonchev–Trinajstić information content (AvgIpc) is 3.00. The Kier molecular flexibility index (Phi) is 3.49. The summed E-state index contributed by atoms with van der Waals surface area (Å²) in [6.45, 7) is 6.54. The van der Waals surface area contributed by atoms with Gasteiger partial charge in [0.15, 0.2) is 0 Å². The molecule has 2 heterocycles. The number of nitrogens with zero attached hydrogens (tertiary/aromatic N) is 1. The number of rotatable bonds is 3. The Morgan fingerprint density at radius 3 is 2.96 bits per heavy atom. The molecule has 0 bridgehead atoms. The maximum atomic E-state index is 12.7. The Balaban J connectivity index is 1.76. The van der Waals surface area contributed by atoms with Gasteiger partial charge in [0.25, 0.3) is 0 Å². The summed E-state index contributed by atoms with van der Waals surface area (Å²) in [5, 5.41) is 3.70. The monoisotopic (exact) mass is 310 g/mol. The summed E-state index contributed by atoms with van der Waals surface area (Å²) >= 11 is 0. The van der Waals surface area contributed by atoms with Crippen LogP contribution in [-0.4, -0.2) is 41.5 Å². The molecule has 1 aromatic heterocycles. The number of nitrogens with one attached hydrogen (secondary N) is 1. The van der Waals surface area contributed by atoms with Crippen molar-refractivity contribution in [3.8, 4) is 0 Å². The Morgan fingerprint density at radius 1 is 1.35 bits per heavy atom. The lowest BCUT2D eigenvalue weighted by atomic mass is 9.80. The van der Waals surface area contributed by atoms with Crippen LogP contribution >= 0.6 is 0 Å². The molecule has 120 valence electrons. The zero-order valence-electron chi connectivity index (χ0n) is 13.8. The minimum atomic E-state index is -0.00287. The number of carbonyl (C=O) groups is 1. The quantitative estimate of drug-likeness (QED) is 0.888. The van der Waals surface area contributed by atoms with E-state index in [9.17, 15) is 4.79 Å². The number of amides is 1. The average molecular weight is 310 g/mol. The van der Waals surface area contributed by atoms with E-state index >= 15 is 0 Å². The molecule has 23 heavy (non-hydrogen) atoms. The molecule has 2 aromatic rings. The number of nitrogens with two attached hydrogens (primary N) is 1. The molecule has 0 radical (unpaired) electrons. The van der Waals surface area contributed by atoms with Crippen molar-refractivity contribution in [1.29, 1.82) is 0 Å². The molecule has 2 aliphatic rings. The van der Waals surface area contributed by atoms with Crippen LogP contribution in [0.5, 0.6) is 0 Å². The number of aromatic nitrogens is 1. The van der Waals surface area contributed by atoms with Crippen molar-refractivity contribution in [2.75, 3.05) is 19.6 Å². The lowest BCUT2D eigenvalue weighted by Gasteiger charge is -2.32. The molecule has 1 aliphatic heterocycles. The van der Waals surface area contributed by atoms with Crippen molar-refractivity contribution in [1.82, 2.24) is 9.88 Å². The first kappa shape index (κ1) is 14.5. The lowest BCUT2D eigenvalue weighted by molar-refractivity contribution is -0.681. The van der Waals surface area contributed by atoms with Crippen molar-refractivity contribution in [3.05, 3.63) is 41.6 Å². The minimum Gasteiger partial charge on any atom is -0.361 e. The first-order valence-corrected chi connectivity index (χ1v) is 8.66. The summed E-state index contributed by atoms with van der Waals surface area (Å²) < 4.78 is 0. The van der Waals surface area contributed by atoms with Gasteiger partial charge in [-0.1, -0.05) is 18.2 Å². The molecule has 4 rings (SSSR count). The molecule has 4 heteroatoms. The number of quaternary nitrogens is 1. The zero-order chi connectivity index (χ0) is 16.0. The van der Waals surface area contributed by atoms with Crippen LogP contribution in [-0.2, 0) is 11.2 Å². The number of H-pyrrole nitrogens is 1. The molecular weight excluding hydrogens is 286 g/mol. The van der Waals surface area contributed by atoms with Crippen LogP contribution in [0.15, 0.2) is 30.5 Å². The SMILES string of the molecule is CCN(CC)C(=O)C1C=C2c3cccc4[nH]cc(c34)C[C@H]2[NH2+]C1. The summed E-state index contributed by atoms with van der Waals surface area (Å²) in [6.07, 6.45) is 5.44. The summed E-state index contributed by atoms with van der Waals surface area (Å²) in [5.74, 6) is 0.265. The van der Waals surface area contributed by atoms with Crippen LogP contribution in [0.1, 0.15) is 25.0 Å². The summed E-state index contributed by atoms with van der Waals surface area (Å²) in [5.41, 5.74) is 5.26. The van der Waals surface area contributed by atoms with E-state index in [1.165, 1.54) is 27.6 Å². The molecule has 0 saturated heterocycles. The van der Waals surface area contributed by atoms with Crippen LogP contribution < -0.4 is 5.32 Å². The highest BCUT2D eigenvalue weighted by atomic mass is 16.2. The van der Waals surface area contributed by atoms with E-state index in [0.29, 0.717) is 6.04 Å². The van der Waals surface area contributed by atoms with Crippen LogP contribution in [0.25, 0.3) is 16.5 Å². The van der Waals surface area contributed by atoms with Gasteiger partial charge < -0.3 is 15.2 Å². The first-order chi connectivity index (χ1) is 11.2. The van der Waals surface area contributed by atoms with Gasteiger partial charge in [0.2, 0.25) is 5.91 Å². The van der Waals surface area contributed by atoms with Crippen molar-refractivity contribution in [2.24, 2.45) is 5.92 Å². The van der Waals surface area contributed by atoms with Crippen molar-refractivity contribution in [3.63, 3.8) is 0 Å². The van der Waals surface area contributed by atoms with E-state index in [2.05, 4.69) is 54.6 Å². The molecule has 0 fully saturated rings. The summed E-state index contributed by atoms with van der Waals surface area (Å²) in [7, 11) is 0. The number of aromatic amines is 1. The second-order valence-electron chi connectivity index (χ2n) is 6.56. The number of fused-ring (bicyclic) bond motifs is 2. The van der Waals surface area contributed by atoms with Gasteiger partial charge in [0.05, 0.1) is 6.54 Å². The molecule has 0 spiro atoms. The lowest BCUT2D eigenvalue weighted by Crippen LogP contribution is -2.93. The van der Waals surface area contributed by atoms with Crippen molar-refractivity contribution >= 4 is 22.4 Å². The molecule has 1 aromatic carbocycles. The zero-order valence-corrected chi connectivity index (χ0v) is 13.8. The summed E-state index contributed by atoms with van der Waals surface area (Å²) in [4.78, 5) is 18.1. The fourth-order valence-corrected chi connectivity index (χ4v) is 4.16. The maximum Gasteiger partial charge on any atom is 0.235 e. The molecule has 1 aliphatic carbocycles. The molecular formula is C19H24N3O+. The predicted octanol–water partition coefficient (Wildman–Crippen LogP) is 1.54. The van der Waals surface area contributed by atoms with Crippen molar-refractivity contribution in [2.45, 2.75) is 26.3 Å². The van der Waals surface area contributed by atoms with E-state index in [4.69, 9.17) is 0 Å². The van der Waals surface area contributed by atoms with E-state index in [-0.39, 0.29) is 11.8 Å². The van der Waals surface area contributed by atoms with Crippen LogP contribution in [0.2, 0.25) is 0 Å². The largest absolute Gasteiger partial charge is 0.361 e. The van der Waals surface area contributed by atoms with Gasteiger partial charge in [-0.05, 0) is 31.0 Å². The van der Waals surface area contributed by atoms with Gasteiger partial charge in [-0.3, -0.25) is 4.79 Å². The van der Waals surface area contributed by atoms with Gasteiger partial charge in [0.1, 0.15) is 12.0 Å². The topological polar surface area (TPSA) is 52.7 Å². The van der Waals surface area contributed by atoms with E-state index in [0.717, 1.165) is 26.1 Å². The first-order valence-electron chi connectivity index (χ1n) is 8.66. The Hall–Kier alpha value is -2.07. The second kappa shape index (κ2) is 5.53. The minimum absolute atomic E-state index is 0.00287. The molecule has 0 saturated carbocycles. The van der Waals surface area contributed by atoms with Crippen molar-refractivity contribution < 1.29 is 10.1 Å². The number of hydrogen-bond donors (Lipinski definition) is 2. The van der Waals surface area contributed by atoms with E-state index in [1.807, 2.05) is 4.90 Å². The molecule has 4 nitrogen and oxygen atoms in total. The van der Waals surface area contributed by atoms with Gasteiger partial charge in [-0.2, -0.15) is 0 Å². The van der Waals surface area contributed by atoms with E-state index in [1.54, 1.807) is 0 Å². The Labute approximate surface area is 136 Å². The molecule has 1 unspecified atom stereocenters. The standard InChI is InChI=1S/C19H23N3O/c1-3-22(4-2)19(23)13-8-15-14-6-5-7-16-18(14)12(10-20-16)9-17(15)21-11-13/h5-8,10,13,17,20-21H,3-4,9,11H2,1-2H3/p+1/t13?,17-/m1/s1. The van der Waals surface area contributed by atoms with Gasteiger partial charge in [0, 0.05) is 42.2 Å². The second-order valence-corrected chi connectivity index (χ2v) is 6.56.